The molecule has 0 heterocycles. The van der Waals surface area contributed by atoms with E-state index in [2.05, 4.69) is 0 Å². The number of carboxylic acid groups (broad SMARTS) is 1. The molecule has 3 nitrogen and oxygen atoms in total. The van der Waals surface area contributed by atoms with Gasteiger partial charge >= 0.3 is 138 Å². The summed E-state index contributed by atoms with van der Waals surface area (Å²) in [4.78, 5) is 18.9. The number of ketones is 1. The van der Waals surface area contributed by atoms with E-state index >= 15 is 0 Å². The van der Waals surface area contributed by atoms with Crippen LogP contribution in [-0.4, -0.2) is 149 Å². The molecule has 0 radical (unpaired) electrons. The molecule has 0 aliphatic carbocycles. The molecule has 0 aliphatic heterocycles. The summed E-state index contributed by atoms with van der Waals surface area (Å²) in [6.07, 6.45) is 0. The van der Waals surface area contributed by atoms with Crippen molar-refractivity contribution >= 4 is 144 Å². The fraction of sp³-hybridized carbons (Fsp3) is 0.333. The molecule has 40 valence electrons. The van der Waals surface area contributed by atoms with Gasteiger partial charge in [-0.15, -0.1) is 0 Å². The summed E-state index contributed by atoms with van der Waals surface area (Å²) in [7, 11) is 0. The van der Waals surface area contributed by atoms with Crippen LogP contribution in [0.1, 0.15) is 6.92 Å². The molecule has 0 aromatic heterocycles. The molecule has 6 heteroatoms. The van der Waals surface area contributed by atoms with Gasteiger partial charge in [-0.2, -0.15) is 0 Å². The van der Waals surface area contributed by atoms with Crippen LogP contribution in [-0.2, 0) is 9.59 Å². The number of aliphatic carboxylic acids is 1. The van der Waals surface area contributed by atoms with Crippen molar-refractivity contribution in [2.24, 2.45) is 0 Å². The van der Waals surface area contributed by atoms with Gasteiger partial charge in [0.15, 0.2) is 0 Å². The fourth-order valence-electron chi connectivity index (χ4n) is 0. The minimum absolute atomic E-state index is 0. The van der Waals surface area contributed by atoms with Crippen molar-refractivity contribution in [3.8, 4) is 0 Å². The topological polar surface area (TPSA) is 54.4 Å². The number of carboxylic acids is 1. The summed E-state index contributed by atoms with van der Waals surface area (Å²) >= 11 is 0. The van der Waals surface area contributed by atoms with Gasteiger partial charge in [-0.3, -0.25) is 4.79 Å². The first-order valence-corrected chi connectivity index (χ1v) is 1.38. The third kappa shape index (κ3) is 18.4. The Morgan fingerprint density at radius 2 is 1.33 bits per heavy atom. The van der Waals surface area contributed by atoms with Gasteiger partial charge in [-0.1, -0.05) is 0 Å². The van der Waals surface area contributed by atoms with Crippen LogP contribution in [0.4, 0.5) is 0 Å². The van der Waals surface area contributed by atoms with E-state index in [9.17, 15) is 9.59 Å². The van der Waals surface area contributed by atoms with Crippen LogP contribution >= 0.6 is 0 Å². The molecule has 0 spiro atoms. The van der Waals surface area contributed by atoms with E-state index in [1.807, 2.05) is 0 Å². The van der Waals surface area contributed by atoms with Gasteiger partial charge in [-0.05, 0) is 0 Å². The molecule has 0 saturated heterocycles. The average molecular weight is 192 g/mol. The number of carbonyl (C=O) groups is 2. The van der Waals surface area contributed by atoms with Crippen LogP contribution in [0, 0.1) is 0 Å². The Morgan fingerprint density at radius 1 is 1.22 bits per heavy atom. The van der Waals surface area contributed by atoms with Gasteiger partial charge in [0.25, 0.3) is 0 Å². The van der Waals surface area contributed by atoms with E-state index in [1.165, 1.54) is 0 Å². The zero-order valence-electron chi connectivity index (χ0n) is 3.26. The van der Waals surface area contributed by atoms with Crippen molar-refractivity contribution in [2.75, 3.05) is 0 Å². The molecule has 0 aromatic carbocycles. The average Bonchev–Trinajstić information content (AvgIpc) is 1.36. The fourth-order valence-corrected chi connectivity index (χ4v) is 0. The molecule has 0 atom stereocenters. The number of carbonyl (C=O) groups excluding carboxylic acids is 1. The maximum atomic E-state index is 9.54. The number of hydrogen-bond donors (Lipinski definition) is 1. The van der Waals surface area contributed by atoms with Crippen LogP contribution in [0.2, 0.25) is 0 Å². The van der Waals surface area contributed by atoms with E-state index in [0.717, 1.165) is 6.92 Å². The van der Waals surface area contributed by atoms with Crippen molar-refractivity contribution in [1.29, 1.82) is 0 Å². The predicted octanol–water partition coefficient (Wildman–Crippen LogP) is -2.29. The molecule has 0 aliphatic rings. The Bertz CT molecular complexity index is 83.1. The zero-order valence-corrected chi connectivity index (χ0v) is 3.26. The van der Waals surface area contributed by atoms with Crippen LogP contribution in [0.25, 0.3) is 0 Å². The van der Waals surface area contributed by atoms with Crippen molar-refractivity contribution < 1.29 is 14.7 Å². The molecule has 0 fully saturated rings. The van der Waals surface area contributed by atoms with Crippen LogP contribution in [0.3, 0.4) is 0 Å². The van der Waals surface area contributed by atoms with Crippen molar-refractivity contribution in [3.63, 3.8) is 0 Å². The molecular formula is C3H7K2NaO3. The van der Waals surface area contributed by atoms with Gasteiger partial charge in [0.1, 0.15) is 0 Å². The second-order valence-electron chi connectivity index (χ2n) is 0.861. The molecule has 0 bridgehead atoms. The monoisotopic (exact) mass is 192 g/mol. The van der Waals surface area contributed by atoms with Crippen molar-refractivity contribution in [3.05, 3.63) is 0 Å². The van der Waals surface area contributed by atoms with E-state index in [4.69, 9.17) is 5.11 Å². The SMILES string of the molecule is CC(=O)C(=O)O.[KH].[KH].[NaH]. The maximum absolute atomic E-state index is 9.54. The standard InChI is InChI=1S/C3H4O3.2K.Na.3H/c1-2(4)3(5)6;;;;;;/h1H3,(H,5,6);;;;;;. The van der Waals surface area contributed by atoms with Crippen LogP contribution in [0.5, 0.6) is 0 Å². The normalized spacial score (nSPS) is 5.00. The van der Waals surface area contributed by atoms with Crippen molar-refractivity contribution in [2.45, 2.75) is 6.92 Å². The van der Waals surface area contributed by atoms with Gasteiger partial charge in [0, 0.05) is 6.92 Å². The van der Waals surface area contributed by atoms with Gasteiger partial charge in [-0.25, -0.2) is 4.79 Å². The summed E-state index contributed by atoms with van der Waals surface area (Å²) in [6.45, 7) is 1.00. The molecule has 0 aromatic rings. The molecular weight excluding hydrogens is 185 g/mol. The minimum atomic E-state index is -1.38. The van der Waals surface area contributed by atoms with Crippen LogP contribution in [0.15, 0.2) is 0 Å². The first kappa shape index (κ1) is 22.8. The van der Waals surface area contributed by atoms with E-state index in [0.29, 0.717) is 0 Å². The van der Waals surface area contributed by atoms with Gasteiger partial charge < -0.3 is 5.11 Å². The number of hydrogen-bond acceptors (Lipinski definition) is 2. The Morgan fingerprint density at radius 3 is 1.33 bits per heavy atom. The van der Waals surface area contributed by atoms with E-state index in [-0.39, 0.29) is 132 Å². The van der Waals surface area contributed by atoms with Gasteiger partial charge in [0.05, 0.1) is 0 Å². The third-order valence-corrected chi connectivity index (χ3v) is 0.301. The molecule has 0 unspecified atom stereocenters. The van der Waals surface area contributed by atoms with E-state index < -0.39 is 11.8 Å². The summed E-state index contributed by atoms with van der Waals surface area (Å²) in [5, 5.41) is 7.64. The van der Waals surface area contributed by atoms with Crippen LogP contribution < -0.4 is 0 Å². The molecule has 0 saturated carbocycles. The second-order valence-corrected chi connectivity index (χ2v) is 0.861. The quantitative estimate of drug-likeness (QED) is 0.376. The third-order valence-electron chi connectivity index (χ3n) is 0.301. The Hall–Kier alpha value is 3.41. The first-order chi connectivity index (χ1) is 2.64. The molecule has 1 N–H and O–H groups in total. The second kappa shape index (κ2) is 14.0. The summed E-state index contributed by atoms with van der Waals surface area (Å²) in [6, 6.07) is 0. The Balaban J connectivity index is -0.0000000417. The molecule has 0 amide bonds. The summed E-state index contributed by atoms with van der Waals surface area (Å²) in [5.74, 6) is -2.20. The molecule has 0 rings (SSSR count). The Labute approximate surface area is 161 Å². The Kier molecular flexibility index (Phi) is 35.5. The first-order valence-electron chi connectivity index (χ1n) is 1.38. The summed E-state index contributed by atoms with van der Waals surface area (Å²) in [5.41, 5.74) is 0. The number of rotatable bonds is 1. The zero-order chi connectivity index (χ0) is 5.15. The van der Waals surface area contributed by atoms with E-state index in [1.54, 1.807) is 0 Å². The number of Topliss-reactive ketones (excluding diaryl/α,β-unsaturated/α-hetero) is 1. The molecule has 9 heavy (non-hydrogen) atoms. The van der Waals surface area contributed by atoms with Crippen molar-refractivity contribution in [1.82, 2.24) is 0 Å². The summed E-state index contributed by atoms with van der Waals surface area (Å²) < 4.78 is 0. The predicted molar refractivity (Wildman–Crippen MR) is 39.8 cm³/mol. The van der Waals surface area contributed by atoms with Gasteiger partial charge in [0.2, 0.25) is 5.78 Å².